The highest BCUT2D eigenvalue weighted by Gasteiger charge is 2.08. The van der Waals surface area contributed by atoms with E-state index in [2.05, 4.69) is 11.8 Å². The molecule has 0 aromatic heterocycles. The third kappa shape index (κ3) is 4.35. The van der Waals surface area contributed by atoms with Gasteiger partial charge in [-0.05, 0) is 24.3 Å². The first-order valence-electron chi connectivity index (χ1n) is 6.98. The van der Waals surface area contributed by atoms with Crippen molar-refractivity contribution in [1.82, 2.24) is 0 Å². The summed E-state index contributed by atoms with van der Waals surface area (Å²) < 4.78 is 0. The Morgan fingerprint density at radius 3 is 2.05 bits per heavy atom. The van der Waals surface area contributed by atoms with Crippen LogP contribution in [0.2, 0.25) is 0 Å². The van der Waals surface area contributed by atoms with Crippen molar-refractivity contribution in [2.45, 2.75) is 0 Å². The standard InChI is InChI=1S/C18H19NO2/c20-14-12-19(13-15-21)18-9-5-4-8-17(18)11-10-16-6-2-1-3-7-16/h1-9,20-21H,12-15H2. The molecule has 0 amide bonds. The summed E-state index contributed by atoms with van der Waals surface area (Å²) in [6.45, 7) is 1.04. The molecule has 108 valence electrons. The summed E-state index contributed by atoms with van der Waals surface area (Å²) in [6.07, 6.45) is 0. The second kappa shape index (κ2) is 8.11. The Morgan fingerprint density at radius 1 is 0.762 bits per heavy atom. The number of benzene rings is 2. The van der Waals surface area contributed by atoms with Crippen molar-refractivity contribution in [3.63, 3.8) is 0 Å². The fraction of sp³-hybridized carbons (Fsp3) is 0.222. The molecule has 0 unspecified atom stereocenters. The van der Waals surface area contributed by atoms with Crippen molar-refractivity contribution >= 4 is 5.69 Å². The van der Waals surface area contributed by atoms with Crippen molar-refractivity contribution in [3.05, 3.63) is 65.7 Å². The first kappa shape index (κ1) is 15.1. The maximum absolute atomic E-state index is 9.16. The Balaban J connectivity index is 2.30. The van der Waals surface area contributed by atoms with Crippen LogP contribution in [-0.4, -0.2) is 36.5 Å². The van der Waals surface area contributed by atoms with Gasteiger partial charge in [0, 0.05) is 24.2 Å². The van der Waals surface area contributed by atoms with E-state index in [9.17, 15) is 0 Å². The van der Waals surface area contributed by atoms with E-state index in [1.54, 1.807) is 0 Å². The van der Waals surface area contributed by atoms with Crippen LogP contribution in [0.15, 0.2) is 54.6 Å². The van der Waals surface area contributed by atoms with Crippen molar-refractivity contribution in [3.8, 4) is 11.8 Å². The zero-order valence-electron chi connectivity index (χ0n) is 11.9. The monoisotopic (exact) mass is 281 g/mol. The highest BCUT2D eigenvalue weighted by Crippen LogP contribution is 2.19. The van der Waals surface area contributed by atoms with E-state index >= 15 is 0 Å². The molecule has 3 nitrogen and oxygen atoms in total. The molecule has 2 N–H and O–H groups in total. The molecule has 2 aromatic carbocycles. The number of hydrogen-bond acceptors (Lipinski definition) is 3. The zero-order chi connectivity index (χ0) is 14.9. The molecule has 0 aliphatic carbocycles. The normalized spacial score (nSPS) is 9.81. The van der Waals surface area contributed by atoms with Gasteiger partial charge < -0.3 is 15.1 Å². The molecule has 0 radical (unpaired) electrons. The lowest BCUT2D eigenvalue weighted by atomic mass is 10.1. The van der Waals surface area contributed by atoms with Gasteiger partial charge in [-0.2, -0.15) is 0 Å². The van der Waals surface area contributed by atoms with Crippen LogP contribution in [0.25, 0.3) is 0 Å². The summed E-state index contributed by atoms with van der Waals surface area (Å²) >= 11 is 0. The molecule has 0 atom stereocenters. The first-order chi connectivity index (χ1) is 10.3. The van der Waals surface area contributed by atoms with Gasteiger partial charge in [0.05, 0.1) is 18.9 Å². The minimum atomic E-state index is 0.0421. The van der Waals surface area contributed by atoms with Crippen molar-refractivity contribution < 1.29 is 10.2 Å². The van der Waals surface area contributed by atoms with E-state index in [0.717, 1.165) is 16.8 Å². The average molecular weight is 281 g/mol. The lowest BCUT2D eigenvalue weighted by Gasteiger charge is -2.24. The molecule has 0 spiro atoms. The summed E-state index contributed by atoms with van der Waals surface area (Å²) in [6, 6.07) is 17.6. The molecular weight excluding hydrogens is 262 g/mol. The van der Waals surface area contributed by atoms with Crippen LogP contribution in [0.3, 0.4) is 0 Å². The second-order valence-corrected chi connectivity index (χ2v) is 4.57. The molecule has 0 aliphatic heterocycles. The molecule has 3 heteroatoms. The Kier molecular flexibility index (Phi) is 5.83. The van der Waals surface area contributed by atoms with Crippen molar-refractivity contribution in [2.75, 3.05) is 31.2 Å². The van der Waals surface area contributed by atoms with Crippen molar-refractivity contribution in [2.24, 2.45) is 0 Å². The SMILES string of the molecule is OCCN(CCO)c1ccccc1C#Cc1ccccc1. The molecule has 0 saturated carbocycles. The summed E-state index contributed by atoms with van der Waals surface area (Å²) in [5, 5.41) is 18.3. The van der Waals surface area contributed by atoms with Gasteiger partial charge in [0.15, 0.2) is 0 Å². The number of aliphatic hydroxyl groups excluding tert-OH is 2. The van der Waals surface area contributed by atoms with Gasteiger partial charge in [-0.1, -0.05) is 42.2 Å². The van der Waals surface area contributed by atoms with Crippen LogP contribution in [0.4, 0.5) is 5.69 Å². The first-order valence-corrected chi connectivity index (χ1v) is 6.98. The number of aliphatic hydroxyl groups is 2. The lowest BCUT2D eigenvalue weighted by molar-refractivity contribution is 0.281. The maximum Gasteiger partial charge on any atom is 0.0606 e. The molecular formula is C18H19NO2. The number of para-hydroxylation sites is 1. The van der Waals surface area contributed by atoms with Crippen LogP contribution < -0.4 is 4.90 Å². The molecule has 21 heavy (non-hydrogen) atoms. The summed E-state index contributed by atoms with van der Waals surface area (Å²) in [4.78, 5) is 1.94. The quantitative estimate of drug-likeness (QED) is 0.822. The number of nitrogens with zero attached hydrogens (tertiary/aromatic N) is 1. The minimum absolute atomic E-state index is 0.0421. The smallest absolute Gasteiger partial charge is 0.0606 e. The van der Waals surface area contributed by atoms with Crippen LogP contribution in [0, 0.1) is 11.8 Å². The van der Waals surface area contributed by atoms with Gasteiger partial charge in [-0.15, -0.1) is 0 Å². The van der Waals surface area contributed by atoms with Gasteiger partial charge >= 0.3 is 0 Å². The van der Waals surface area contributed by atoms with Gasteiger partial charge in [0.2, 0.25) is 0 Å². The fourth-order valence-corrected chi connectivity index (χ4v) is 2.11. The van der Waals surface area contributed by atoms with E-state index in [1.165, 1.54) is 0 Å². The molecule has 2 aromatic rings. The zero-order valence-corrected chi connectivity index (χ0v) is 11.9. The van der Waals surface area contributed by atoms with Gasteiger partial charge in [0.25, 0.3) is 0 Å². The van der Waals surface area contributed by atoms with E-state index in [4.69, 9.17) is 10.2 Å². The van der Waals surface area contributed by atoms with Crippen molar-refractivity contribution in [1.29, 1.82) is 0 Å². The minimum Gasteiger partial charge on any atom is -0.395 e. The largest absolute Gasteiger partial charge is 0.395 e. The van der Waals surface area contributed by atoms with Crippen LogP contribution in [0.5, 0.6) is 0 Å². The number of rotatable bonds is 5. The van der Waals surface area contributed by atoms with E-state index in [1.807, 2.05) is 59.5 Å². The third-order valence-corrected chi connectivity index (χ3v) is 3.10. The Labute approximate surface area is 125 Å². The van der Waals surface area contributed by atoms with E-state index < -0.39 is 0 Å². The summed E-state index contributed by atoms with van der Waals surface area (Å²) in [5.74, 6) is 6.31. The number of hydrogen-bond donors (Lipinski definition) is 2. The third-order valence-electron chi connectivity index (χ3n) is 3.10. The van der Waals surface area contributed by atoms with Gasteiger partial charge in [0.1, 0.15) is 0 Å². The topological polar surface area (TPSA) is 43.7 Å². The average Bonchev–Trinajstić information content (AvgIpc) is 2.54. The molecule has 2 rings (SSSR count). The predicted molar refractivity (Wildman–Crippen MR) is 85.2 cm³/mol. The second-order valence-electron chi connectivity index (χ2n) is 4.57. The van der Waals surface area contributed by atoms with Gasteiger partial charge in [-0.25, -0.2) is 0 Å². The predicted octanol–water partition coefficient (Wildman–Crippen LogP) is 1.88. The highest BCUT2D eigenvalue weighted by molar-refractivity contribution is 5.61. The lowest BCUT2D eigenvalue weighted by Crippen LogP contribution is -2.30. The fourth-order valence-electron chi connectivity index (χ4n) is 2.11. The Bertz CT molecular complexity index is 608. The number of anilines is 1. The van der Waals surface area contributed by atoms with Crippen LogP contribution in [0.1, 0.15) is 11.1 Å². The molecule has 0 heterocycles. The highest BCUT2D eigenvalue weighted by atomic mass is 16.3. The maximum atomic E-state index is 9.16. The molecule has 0 bridgehead atoms. The Morgan fingerprint density at radius 2 is 1.38 bits per heavy atom. The molecule has 0 saturated heterocycles. The van der Waals surface area contributed by atoms with E-state index in [0.29, 0.717) is 13.1 Å². The van der Waals surface area contributed by atoms with E-state index in [-0.39, 0.29) is 13.2 Å². The van der Waals surface area contributed by atoms with Crippen LogP contribution >= 0.6 is 0 Å². The Hall–Kier alpha value is -2.28. The summed E-state index contributed by atoms with van der Waals surface area (Å²) in [7, 11) is 0. The summed E-state index contributed by atoms with van der Waals surface area (Å²) in [5.41, 5.74) is 2.79. The molecule has 0 fully saturated rings. The van der Waals surface area contributed by atoms with Gasteiger partial charge in [-0.3, -0.25) is 0 Å². The van der Waals surface area contributed by atoms with Crippen LogP contribution in [-0.2, 0) is 0 Å². The molecule has 0 aliphatic rings.